The number of nitrogens with one attached hydrogen (secondary N) is 1. The molecule has 1 N–H and O–H groups in total. The first-order valence-corrected chi connectivity index (χ1v) is 5.59. The Hall–Kier alpha value is -2.39. The van der Waals surface area contributed by atoms with E-state index in [4.69, 9.17) is 21.6 Å². The van der Waals surface area contributed by atoms with Crippen LogP contribution in [0.3, 0.4) is 0 Å². The molecule has 0 unspecified atom stereocenters. The van der Waals surface area contributed by atoms with Gasteiger partial charge in [0.15, 0.2) is 0 Å². The van der Waals surface area contributed by atoms with Crippen LogP contribution in [0.15, 0.2) is 24.4 Å². The van der Waals surface area contributed by atoms with Crippen LogP contribution in [0, 0.1) is 17.1 Å². The third kappa shape index (κ3) is 2.89. The molecule has 0 aliphatic rings. The highest BCUT2D eigenvalue weighted by Crippen LogP contribution is 2.28. The van der Waals surface area contributed by atoms with Gasteiger partial charge in [0.25, 0.3) is 0 Å². The van der Waals surface area contributed by atoms with E-state index in [-0.39, 0.29) is 22.2 Å². The Kier molecular flexibility index (Phi) is 3.78. The normalized spacial score (nSPS) is 9.79. The third-order valence-corrected chi connectivity index (χ3v) is 2.47. The minimum atomic E-state index is -0.668. The molecule has 0 spiro atoms. The highest BCUT2D eigenvalue weighted by atomic mass is 35.5. The van der Waals surface area contributed by atoms with Crippen LogP contribution < -0.4 is 10.1 Å². The van der Waals surface area contributed by atoms with Crippen molar-refractivity contribution in [2.75, 3.05) is 12.4 Å². The SMILES string of the molecule is CNc1ncc(Cl)c(Oc2ccc(C#N)c(F)c2)n1. The summed E-state index contributed by atoms with van der Waals surface area (Å²) in [7, 11) is 1.65. The van der Waals surface area contributed by atoms with Crippen LogP contribution in [0.2, 0.25) is 5.02 Å². The molecule has 0 radical (unpaired) electrons. The van der Waals surface area contributed by atoms with Crippen molar-refractivity contribution in [1.82, 2.24) is 9.97 Å². The average molecular weight is 279 g/mol. The molecule has 0 aliphatic heterocycles. The van der Waals surface area contributed by atoms with Crippen LogP contribution in [0.4, 0.5) is 10.3 Å². The summed E-state index contributed by atoms with van der Waals surface area (Å²) in [5.74, 6) is -0.0446. The van der Waals surface area contributed by atoms with E-state index < -0.39 is 5.82 Å². The maximum absolute atomic E-state index is 13.4. The van der Waals surface area contributed by atoms with Crippen LogP contribution >= 0.6 is 11.6 Å². The van der Waals surface area contributed by atoms with Gasteiger partial charge in [0, 0.05) is 13.1 Å². The van der Waals surface area contributed by atoms with Crippen molar-refractivity contribution in [3.8, 4) is 17.7 Å². The topological polar surface area (TPSA) is 70.8 Å². The number of rotatable bonds is 3. The number of aromatic nitrogens is 2. The number of anilines is 1. The Bertz CT molecular complexity index is 657. The second-order valence-corrected chi connectivity index (χ2v) is 3.86. The summed E-state index contributed by atoms with van der Waals surface area (Å²) < 4.78 is 18.8. The lowest BCUT2D eigenvalue weighted by Crippen LogP contribution is -1.98. The van der Waals surface area contributed by atoms with E-state index in [0.29, 0.717) is 5.95 Å². The highest BCUT2D eigenvalue weighted by molar-refractivity contribution is 6.31. The molecule has 5 nitrogen and oxygen atoms in total. The van der Waals surface area contributed by atoms with E-state index in [1.807, 2.05) is 0 Å². The van der Waals surface area contributed by atoms with Crippen LogP contribution in [0.1, 0.15) is 5.56 Å². The fourth-order valence-electron chi connectivity index (χ4n) is 1.31. The fraction of sp³-hybridized carbons (Fsp3) is 0.0833. The molecule has 0 saturated carbocycles. The van der Waals surface area contributed by atoms with E-state index in [9.17, 15) is 4.39 Å². The van der Waals surface area contributed by atoms with Gasteiger partial charge in [-0.25, -0.2) is 9.37 Å². The molecule has 0 atom stereocenters. The number of ether oxygens (including phenoxy) is 1. The first-order valence-electron chi connectivity index (χ1n) is 5.22. The molecule has 1 heterocycles. The smallest absolute Gasteiger partial charge is 0.243 e. The molecule has 96 valence electrons. The maximum Gasteiger partial charge on any atom is 0.243 e. The minimum absolute atomic E-state index is 0.0583. The van der Waals surface area contributed by atoms with Crippen LogP contribution in [-0.2, 0) is 0 Å². The summed E-state index contributed by atoms with van der Waals surface area (Å²) in [6.07, 6.45) is 1.37. The molecule has 1 aromatic carbocycles. The Morgan fingerprint density at radius 2 is 2.26 bits per heavy atom. The maximum atomic E-state index is 13.4. The Balaban J connectivity index is 2.31. The first-order chi connectivity index (χ1) is 9.13. The number of nitriles is 1. The van der Waals surface area contributed by atoms with Gasteiger partial charge in [0.05, 0.1) is 11.8 Å². The molecule has 0 saturated heterocycles. The van der Waals surface area contributed by atoms with E-state index in [1.54, 1.807) is 13.1 Å². The molecular formula is C12H8ClFN4O. The zero-order chi connectivity index (χ0) is 13.8. The Morgan fingerprint density at radius 1 is 1.47 bits per heavy atom. The van der Waals surface area contributed by atoms with Crippen molar-refractivity contribution in [2.45, 2.75) is 0 Å². The molecular weight excluding hydrogens is 271 g/mol. The van der Waals surface area contributed by atoms with Gasteiger partial charge >= 0.3 is 0 Å². The number of hydrogen-bond donors (Lipinski definition) is 1. The Labute approximate surface area is 113 Å². The van der Waals surface area contributed by atoms with E-state index in [1.165, 1.54) is 18.3 Å². The molecule has 7 heteroatoms. The van der Waals surface area contributed by atoms with Gasteiger partial charge in [0.1, 0.15) is 22.7 Å². The summed E-state index contributed by atoms with van der Waals surface area (Å²) in [4.78, 5) is 7.89. The molecule has 1 aromatic heterocycles. The van der Waals surface area contributed by atoms with Gasteiger partial charge in [-0.15, -0.1) is 0 Å². The minimum Gasteiger partial charge on any atom is -0.437 e. The number of hydrogen-bond acceptors (Lipinski definition) is 5. The van der Waals surface area contributed by atoms with Crippen molar-refractivity contribution < 1.29 is 9.13 Å². The molecule has 0 fully saturated rings. The summed E-state index contributed by atoms with van der Waals surface area (Å²) >= 11 is 5.88. The lowest BCUT2D eigenvalue weighted by atomic mass is 10.2. The van der Waals surface area contributed by atoms with Gasteiger partial charge in [-0.3, -0.25) is 0 Å². The van der Waals surface area contributed by atoms with E-state index in [0.717, 1.165) is 6.07 Å². The summed E-state index contributed by atoms with van der Waals surface area (Å²) in [5.41, 5.74) is -0.0583. The molecule has 2 aromatic rings. The van der Waals surface area contributed by atoms with Gasteiger partial charge in [-0.05, 0) is 12.1 Å². The molecule has 0 aliphatic carbocycles. The highest BCUT2D eigenvalue weighted by Gasteiger charge is 2.09. The van der Waals surface area contributed by atoms with E-state index in [2.05, 4.69) is 15.3 Å². The van der Waals surface area contributed by atoms with Crippen molar-refractivity contribution in [3.63, 3.8) is 0 Å². The first kappa shape index (κ1) is 13.1. The van der Waals surface area contributed by atoms with Crippen molar-refractivity contribution in [3.05, 3.63) is 40.8 Å². The van der Waals surface area contributed by atoms with Crippen LogP contribution in [0.25, 0.3) is 0 Å². The lowest BCUT2D eigenvalue weighted by molar-refractivity contribution is 0.457. The van der Waals surface area contributed by atoms with Crippen molar-refractivity contribution in [2.24, 2.45) is 0 Å². The van der Waals surface area contributed by atoms with Gasteiger partial charge in [-0.1, -0.05) is 11.6 Å². The lowest BCUT2D eigenvalue weighted by Gasteiger charge is -2.07. The predicted octanol–water partition coefficient (Wildman–Crippen LogP) is 2.97. The number of halogens is 2. The zero-order valence-corrected chi connectivity index (χ0v) is 10.6. The monoisotopic (exact) mass is 278 g/mol. The number of benzene rings is 1. The summed E-state index contributed by atoms with van der Waals surface area (Å²) in [6.45, 7) is 0. The molecule has 0 bridgehead atoms. The largest absolute Gasteiger partial charge is 0.437 e. The van der Waals surface area contributed by atoms with Crippen molar-refractivity contribution in [1.29, 1.82) is 5.26 Å². The summed E-state index contributed by atoms with van der Waals surface area (Å²) in [5, 5.41) is 11.6. The second kappa shape index (κ2) is 5.50. The van der Waals surface area contributed by atoms with Crippen LogP contribution in [-0.4, -0.2) is 17.0 Å². The second-order valence-electron chi connectivity index (χ2n) is 3.45. The third-order valence-electron chi connectivity index (χ3n) is 2.21. The van der Waals surface area contributed by atoms with Gasteiger partial charge in [-0.2, -0.15) is 10.2 Å². The van der Waals surface area contributed by atoms with E-state index >= 15 is 0 Å². The van der Waals surface area contributed by atoms with Gasteiger partial charge in [0.2, 0.25) is 11.8 Å². The fourth-order valence-corrected chi connectivity index (χ4v) is 1.43. The van der Waals surface area contributed by atoms with Gasteiger partial charge < -0.3 is 10.1 Å². The van der Waals surface area contributed by atoms with Crippen LogP contribution in [0.5, 0.6) is 11.6 Å². The quantitative estimate of drug-likeness (QED) is 0.934. The summed E-state index contributed by atoms with van der Waals surface area (Å²) in [6, 6.07) is 5.59. The van der Waals surface area contributed by atoms with Crippen molar-refractivity contribution >= 4 is 17.5 Å². The Morgan fingerprint density at radius 3 is 2.89 bits per heavy atom. The average Bonchev–Trinajstić information content (AvgIpc) is 2.41. The number of nitrogens with zero attached hydrogens (tertiary/aromatic N) is 3. The standard InChI is InChI=1S/C12H8ClFN4O/c1-16-12-17-6-9(13)11(18-12)19-8-3-2-7(5-15)10(14)4-8/h2-4,6H,1H3,(H,16,17,18). The molecule has 0 amide bonds. The molecule has 19 heavy (non-hydrogen) atoms. The predicted molar refractivity (Wildman–Crippen MR) is 67.8 cm³/mol. The zero-order valence-electron chi connectivity index (χ0n) is 9.82. The molecule has 2 rings (SSSR count).